The molecule has 0 fully saturated rings. The van der Waals surface area contributed by atoms with Gasteiger partial charge in [-0.25, -0.2) is 0 Å². The van der Waals surface area contributed by atoms with E-state index in [1.54, 1.807) is 20.9 Å². The van der Waals surface area contributed by atoms with Gasteiger partial charge in [-0.05, 0) is 0 Å². The number of aryl methyl sites for hydroxylation is 1. The summed E-state index contributed by atoms with van der Waals surface area (Å²) in [6.45, 7) is 2.18. The fraction of sp³-hybridized carbons (Fsp3) is 0.143. The molecule has 3 aromatic rings. The summed E-state index contributed by atoms with van der Waals surface area (Å²) >= 11 is -0.146. The van der Waals surface area contributed by atoms with E-state index in [0.717, 1.165) is 11.5 Å². The Labute approximate surface area is 150 Å². The van der Waals surface area contributed by atoms with Crippen molar-refractivity contribution < 1.29 is 0 Å². The van der Waals surface area contributed by atoms with E-state index in [0.29, 0.717) is 0 Å². The first-order valence-corrected chi connectivity index (χ1v) is 14.3. The van der Waals surface area contributed by atoms with Crippen LogP contribution in [0.15, 0.2) is 72.8 Å². The Kier molecular flexibility index (Phi) is 4.55. The fourth-order valence-corrected chi connectivity index (χ4v) is 15.2. The Hall–Kier alpha value is -1.11. The molecule has 23 heavy (non-hydrogen) atoms. The van der Waals surface area contributed by atoms with Crippen LogP contribution in [0.5, 0.6) is 0 Å². The van der Waals surface area contributed by atoms with Gasteiger partial charge in [-0.1, -0.05) is 0 Å². The van der Waals surface area contributed by atoms with Crippen LogP contribution in [0, 0.1) is 6.92 Å². The van der Waals surface area contributed by atoms with Gasteiger partial charge in [0.05, 0.1) is 0 Å². The normalized spacial score (nSPS) is 14.5. The molecule has 0 amide bonds. The number of fused-ring (bicyclic) bond motifs is 2. The van der Waals surface area contributed by atoms with E-state index in [-0.39, 0.29) is 0 Å². The Bertz CT molecular complexity index is 776. The molecule has 114 valence electrons. The quantitative estimate of drug-likeness (QED) is 0.452. The molecule has 0 saturated carbocycles. The summed E-state index contributed by atoms with van der Waals surface area (Å²) in [4.78, 5) is 0. The number of hydrogen-bond acceptors (Lipinski definition) is 1. The number of rotatable bonds is 1. The molecule has 0 aliphatic carbocycles. The van der Waals surface area contributed by atoms with Crippen LogP contribution in [0.3, 0.4) is 0 Å². The van der Waals surface area contributed by atoms with Crippen molar-refractivity contribution in [1.29, 1.82) is 0 Å². The minimum atomic E-state index is -2.19. The van der Waals surface area contributed by atoms with Crippen LogP contribution in [-0.2, 0) is 11.5 Å². The number of benzene rings is 3. The van der Waals surface area contributed by atoms with Crippen LogP contribution in [-0.4, -0.2) is 21.8 Å². The Morgan fingerprint density at radius 3 is 1.78 bits per heavy atom. The molecule has 0 nitrogen and oxygen atoms in total. The van der Waals surface area contributed by atoms with Crippen LogP contribution < -0.4 is 9.81 Å². The van der Waals surface area contributed by atoms with Crippen LogP contribution in [0.4, 0.5) is 0 Å². The molecule has 4 rings (SSSR count). The third-order valence-electron chi connectivity index (χ3n) is 4.27. The van der Waals surface area contributed by atoms with Crippen molar-refractivity contribution in [1.82, 2.24) is 0 Å². The number of thioether (sulfide) groups is 1. The average Bonchev–Trinajstić information content (AvgIpc) is 2.57. The second-order valence-electron chi connectivity index (χ2n) is 5.92. The van der Waals surface area contributed by atoms with E-state index in [1.165, 1.54) is 5.56 Å². The van der Waals surface area contributed by atoms with E-state index in [9.17, 15) is 0 Å². The molecule has 0 radical (unpaired) electrons. The maximum atomic E-state index is 2.40. The molecule has 1 aliphatic heterocycles. The van der Waals surface area contributed by atoms with E-state index in [1.807, 2.05) is 11.8 Å². The Morgan fingerprint density at radius 1 is 0.696 bits per heavy atom. The molecule has 1 heterocycles. The van der Waals surface area contributed by atoms with Gasteiger partial charge in [-0.3, -0.25) is 0 Å². The van der Waals surface area contributed by atoms with Crippen molar-refractivity contribution in [3.8, 4) is 0 Å². The summed E-state index contributed by atoms with van der Waals surface area (Å²) < 4.78 is 4.91. The third kappa shape index (κ3) is 3.12. The predicted octanol–water partition coefficient (Wildman–Crippen LogP) is 3.26. The molecule has 0 aromatic heterocycles. The molecular weight excluding hydrogens is 493 g/mol. The van der Waals surface area contributed by atoms with Gasteiger partial charge in [0, 0.05) is 0 Å². The van der Waals surface area contributed by atoms with Crippen molar-refractivity contribution in [2.75, 3.05) is 0 Å². The van der Waals surface area contributed by atoms with Crippen molar-refractivity contribution in [3.05, 3.63) is 89.5 Å². The predicted molar refractivity (Wildman–Crippen MR) is 104 cm³/mol. The molecule has 0 atom stereocenters. The second-order valence-corrected chi connectivity index (χ2v) is 15.3. The van der Waals surface area contributed by atoms with Gasteiger partial charge in [-0.2, -0.15) is 0 Å². The second kappa shape index (κ2) is 6.79. The molecule has 0 unspecified atom stereocenters. The van der Waals surface area contributed by atoms with Gasteiger partial charge in [-0.15, -0.1) is 0 Å². The fourth-order valence-electron chi connectivity index (χ4n) is 3.07. The van der Waals surface area contributed by atoms with E-state index >= 15 is 0 Å². The van der Waals surface area contributed by atoms with Crippen LogP contribution >= 0.6 is 11.8 Å². The summed E-state index contributed by atoms with van der Waals surface area (Å²) in [5.41, 5.74) is 4.47. The van der Waals surface area contributed by atoms with Gasteiger partial charge in [0.1, 0.15) is 0 Å². The van der Waals surface area contributed by atoms with Gasteiger partial charge >= 0.3 is 151 Å². The van der Waals surface area contributed by atoms with Crippen LogP contribution in [0.1, 0.15) is 16.7 Å². The van der Waals surface area contributed by atoms with Gasteiger partial charge in [0.15, 0.2) is 0 Å². The van der Waals surface area contributed by atoms with E-state index in [4.69, 9.17) is 0 Å². The minimum absolute atomic E-state index is 1.14. The summed E-state index contributed by atoms with van der Waals surface area (Å²) in [5.74, 6) is 2.28. The molecule has 0 spiro atoms. The first kappa shape index (κ1) is 15.4. The summed E-state index contributed by atoms with van der Waals surface area (Å²) in [5, 5.41) is 0. The summed E-state index contributed by atoms with van der Waals surface area (Å²) in [7, 11) is 0. The Morgan fingerprint density at radius 2 is 1.22 bits per heavy atom. The zero-order valence-electron chi connectivity index (χ0n) is 13.2. The first-order chi connectivity index (χ1) is 11.3. The third-order valence-corrected chi connectivity index (χ3v) is 15.6. The monoisotopic (exact) mass is 512 g/mol. The van der Waals surface area contributed by atoms with Crippen LogP contribution in [0.25, 0.3) is 0 Å². The van der Waals surface area contributed by atoms with Crippen molar-refractivity contribution in [3.63, 3.8) is 0 Å². The molecule has 0 N–H and O–H groups in total. The van der Waals surface area contributed by atoms with Crippen LogP contribution in [0.2, 0.25) is 0 Å². The molecule has 0 bridgehead atoms. The SMILES string of the molecule is Cc1cc[c]([Bi]2[c]3ccccc3CSCc3cccc[c]32)cc1. The van der Waals surface area contributed by atoms with Gasteiger partial charge in [0.25, 0.3) is 0 Å². The molecular formula is C21H19BiS. The standard InChI is InChI=1S/C14H12S.C7H7.Bi/c1-3-7-13(8-4-1)11-15-12-14-9-5-2-6-10-14;1-7-5-3-2-4-6-7;/h1-7,9H,11-12H2;3-6H,1H3;. The summed E-state index contributed by atoms with van der Waals surface area (Å²) in [6, 6.07) is 27.7. The van der Waals surface area contributed by atoms with Gasteiger partial charge < -0.3 is 0 Å². The molecule has 0 saturated heterocycles. The van der Waals surface area contributed by atoms with Crippen molar-refractivity contribution >= 4 is 43.3 Å². The van der Waals surface area contributed by atoms with Gasteiger partial charge in [0.2, 0.25) is 0 Å². The molecule has 2 heteroatoms. The molecule has 3 aromatic carbocycles. The van der Waals surface area contributed by atoms with E-state index in [2.05, 4.69) is 79.7 Å². The Balaban J connectivity index is 1.96. The number of hydrogen-bond donors (Lipinski definition) is 0. The zero-order chi connectivity index (χ0) is 15.6. The first-order valence-electron chi connectivity index (χ1n) is 7.93. The van der Waals surface area contributed by atoms with E-state index < -0.39 is 21.8 Å². The zero-order valence-corrected chi connectivity index (χ0v) is 17.5. The topological polar surface area (TPSA) is 0 Å². The molecule has 1 aliphatic rings. The average molecular weight is 512 g/mol. The van der Waals surface area contributed by atoms with Crippen molar-refractivity contribution in [2.45, 2.75) is 18.4 Å². The summed E-state index contributed by atoms with van der Waals surface area (Å²) in [6.07, 6.45) is 0. The van der Waals surface area contributed by atoms with Crippen molar-refractivity contribution in [2.24, 2.45) is 0 Å². The maximum absolute atomic E-state index is 2.40.